The predicted molar refractivity (Wildman–Crippen MR) is 79.6 cm³/mol. The summed E-state index contributed by atoms with van der Waals surface area (Å²) >= 11 is 0. The van der Waals surface area contributed by atoms with Crippen LogP contribution in [-0.4, -0.2) is 34.0 Å². The van der Waals surface area contributed by atoms with E-state index in [2.05, 4.69) is 0 Å². The van der Waals surface area contributed by atoms with E-state index in [-0.39, 0.29) is 18.4 Å². The summed E-state index contributed by atoms with van der Waals surface area (Å²) in [6.07, 6.45) is 2.26. The van der Waals surface area contributed by atoms with Gasteiger partial charge in [-0.15, -0.1) is 0 Å². The largest absolute Gasteiger partial charge is 0.480 e. The molecule has 1 heterocycles. The van der Waals surface area contributed by atoms with E-state index in [1.807, 2.05) is 31.2 Å². The third kappa shape index (κ3) is 3.61. The van der Waals surface area contributed by atoms with Crippen LogP contribution in [0.5, 0.6) is 0 Å². The molecular formula is C16H22N2O3. The molecule has 2 atom stereocenters. The van der Waals surface area contributed by atoms with Crippen molar-refractivity contribution in [3.8, 4) is 0 Å². The Balaban J connectivity index is 2.16. The van der Waals surface area contributed by atoms with Gasteiger partial charge < -0.3 is 15.7 Å². The number of nitrogens with zero attached hydrogens (tertiary/aromatic N) is 1. The minimum atomic E-state index is -0.957. The minimum absolute atomic E-state index is 0.169. The van der Waals surface area contributed by atoms with Crippen molar-refractivity contribution in [2.24, 2.45) is 5.73 Å². The van der Waals surface area contributed by atoms with E-state index in [1.54, 1.807) is 0 Å². The molecule has 21 heavy (non-hydrogen) atoms. The molecule has 1 aromatic carbocycles. The number of hydrogen-bond acceptors (Lipinski definition) is 3. The summed E-state index contributed by atoms with van der Waals surface area (Å²) in [6.45, 7) is 2.37. The third-order valence-electron chi connectivity index (χ3n) is 3.95. The average Bonchev–Trinajstić information content (AvgIpc) is 2.45. The monoisotopic (exact) mass is 290 g/mol. The van der Waals surface area contributed by atoms with E-state index >= 15 is 0 Å². The normalized spacial score (nSPS) is 19.0. The van der Waals surface area contributed by atoms with Gasteiger partial charge in [-0.05, 0) is 17.5 Å². The van der Waals surface area contributed by atoms with Crippen LogP contribution in [0.4, 0.5) is 0 Å². The van der Waals surface area contributed by atoms with Crippen LogP contribution in [-0.2, 0) is 22.6 Å². The molecule has 1 aliphatic heterocycles. The second-order valence-corrected chi connectivity index (χ2v) is 5.60. The first kappa shape index (κ1) is 15.5. The van der Waals surface area contributed by atoms with E-state index in [1.165, 1.54) is 4.90 Å². The summed E-state index contributed by atoms with van der Waals surface area (Å²) in [5, 5.41) is 9.40. The number of carboxylic acids is 1. The van der Waals surface area contributed by atoms with Crippen molar-refractivity contribution in [2.75, 3.05) is 0 Å². The second kappa shape index (κ2) is 6.72. The van der Waals surface area contributed by atoms with Crippen LogP contribution >= 0.6 is 0 Å². The number of carbonyl (C=O) groups excluding carboxylic acids is 1. The molecule has 5 heteroatoms. The Morgan fingerprint density at radius 2 is 2.05 bits per heavy atom. The van der Waals surface area contributed by atoms with Crippen LogP contribution in [0, 0.1) is 0 Å². The molecule has 0 spiro atoms. The maximum absolute atomic E-state index is 12.4. The number of aliphatic carboxylic acids is 1. The molecule has 1 unspecified atom stereocenters. The molecular weight excluding hydrogens is 268 g/mol. The van der Waals surface area contributed by atoms with Gasteiger partial charge in [0.05, 0.1) is 0 Å². The maximum Gasteiger partial charge on any atom is 0.326 e. The van der Waals surface area contributed by atoms with Crippen molar-refractivity contribution in [3.63, 3.8) is 0 Å². The summed E-state index contributed by atoms with van der Waals surface area (Å²) in [5.74, 6) is -1.13. The van der Waals surface area contributed by atoms with Crippen molar-refractivity contribution in [2.45, 2.75) is 51.2 Å². The summed E-state index contributed by atoms with van der Waals surface area (Å²) in [5.41, 5.74) is 7.94. The van der Waals surface area contributed by atoms with E-state index in [0.717, 1.165) is 24.0 Å². The van der Waals surface area contributed by atoms with Crippen molar-refractivity contribution in [1.82, 2.24) is 4.90 Å². The van der Waals surface area contributed by atoms with Gasteiger partial charge >= 0.3 is 5.97 Å². The first-order valence-electron chi connectivity index (χ1n) is 7.37. The third-order valence-corrected chi connectivity index (χ3v) is 3.95. The first-order valence-corrected chi connectivity index (χ1v) is 7.37. The quantitative estimate of drug-likeness (QED) is 0.861. The molecule has 114 valence electrons. The Labute approximate surface area is 124 Å². The molecule has 1 aliphatic rings. The van der Waals surface area contributed by atoms with Gasteiger partial charge in [-0.25, -0.2) is 4.79 Å². The smallest absolute Gasteiger partial charge is 0.326 e. The van der Waals surface area contributed by atoms with Crippen LogP contribution in [0.15, 0.2) is 24.3 Å². The Bertz CT molecular complexity index is 530. The lowest BCUT2D eigenvalue weighted by Gasteiger charge is -2.35. The fourth-order valence-corrected chi connectivity index (χ4v) is 2.82. The number of nitrogens with two attached hydrogens (primary N) is 1. The molecule has 0 saturated heterocycles. The van der Waals surface area contributed by atoms with Crippen LogP contribution in [0.25, 0.3) is 0 Å². The fourth-order valence-electron chi connectivity index (χ4n) is 2.82. The topological polar surface area (TPSA) is 83.6 Å². The molecule has 0 radical (unpaired) electrons. The SMILES string of the molecule is CCCC(N)CC(=O)N1Cc2ccccc2C[C@@H]1C(=O)O. The molecule has 0 aliphatic carbocycles. The standard InChI is InChI=1S/C16H22N2O3/c1-2-5-13(17)9-15(19)18-10-12-7-4-3-6-11(12)8-14(18)16(20)21/h3-4,6-7,13-14H,2,5,8-10,17H2,1H3,(H,20,21)/t13?,14-/m1/s1. The lowest BCUT2D eigenvalue weighted by molar-refractivity contribution is -0.151. The molecule has 5 nitrogen and oxygen atoms in total. The van der Waals surface area contributed by atoms with Crippen molar-refractivity contribution in [1.29, 1.82) is 0 Å². The lowest BCUT2D eigenvalue weighted by atomic mass is 9.93. The molecule has 0 fully saturated rings. The van der Waals surface area contributed by atoms with Crippen molar-refractivity contribution in [3.05, 3.63) is 35.4 Å². The number of hydrogen-bond donors (Lipinski definition) is 2. The van der Waals surface area contributed by atoms with Crippen LogP contribution in [0.2, 0.25) is 0 Å². The van der Waals surface area contributed by atoms with E-state index in [4.69, 9.17) is 5.73 Å². The molecule has 2 rings (SSSR count). The molecule has 0 aromatic heterocycles. The van der Waals surface area contributed by atoms with Gasteiger partial charge in [0.15, 0.2) is 0 Å². The summed E-state index contributed by atoms with van der Waals surface area (Å²) < 4.78 is 0. The van der Waals surface area contributed by atoms with E-state index < -0.39 is 12.0 Å². The van der Waals surface area contributed by atoms with Gasteiger partial charge in [-0.2, -0.15) is 0 Å². The number of rotatable bonds is 5. The summed E-state index contributed by atoms with van der Waals surface area (Å²) in [6, 6.07) is 6.68. The number of benzene rings is 1. The first-order chi connectivity index (χ1) is 10.0. The van der Waals surface area contributed by atoms with E-state index in [0.29, 0.717) is 13.0 Å². The fraction of sp³-hybridized carbons (Fsp3) is 0.500. The van der Waals surface area contributed by atoms with Crippen molar-refractivity contribution >= 4 is 11.9 Å². The molecule has 0 saturated carbocycles. The van der Waals surface area contributed by atoms with Gasteiger partial charge in [-0.1, -0.05) is 37.6 Å². The molecule has 1 amide bonds. The Morgan fingerprint density at radius 3 is 2.67 bits per heavy atom. The molecule has 0 bridgehead atoms. The minimum Gasteiger partial charge on any atom is -0.480 e. The Hall–Kier alpha value is -1.88. The van der Waals surface area contributed by atoms with Gasteiger partial charge in [-0.3, -0.25) is 4.79 Å². The van der Waals surface area contributed by atoms with Gasteiger partial charge in [0.1, 0.15) is 6.04 Å². The number of fused-ring (bicyclic) bond motifs is 1. The highest BCUT2D eigenvalue weighted by Crippen LogP contribution is 2.24. The van der Waals surface area contributed by atoms with Crippen LogP contribution in [0.3, 0.4) is 0 Å². The zero-order valence-corrected chi connectivity index (χ0v) is 12.3. The summed E-state index contributed by atoms with van der Waals surface area (Å²) in [7, 11) is 0. The highest BCUT2D eigenvalue weighted by molar-refractivity contribution is 5.84. The van der Waals surface area contributed by atoms with Crippen LogP contribution in [0.1, 0.15) is 37.3 Å². The van der Waals surface area contributed by atoms with Gasteiger partial charge in [0, 0.05) is 25.4 Å². The highest BCUT2D eigenvalue weighted by Gasteiger charge is 2.34. The number of amides is 1. The summed E-state index contributed by atoms with van der Waals surface area (Å²) in [4.78, 5) is 25.3. The molecule has 3 N–H and O–H groups in total. The highest BCUT2D eigenvalue weighted by atomic mass is 16.4. The lowest BCUT2D eigenvalue weighted by Crippen LogP contribution is -2.49. The Morgan fingerprint density at radius 1 is 1.38 bits per heavy atom. The van der Waals surface area contributed by atoms with Gasteiger partial charge in [0.25, 0.3) is 0 Å². The number of carboxylic acid groups (broad SMARTS) is 1. The Kier molecular flexibility index (Phi) is 4.96. The van der Waals surface area contributed by atoms with Crippen molar-refractivity contribution < 1.29 is 14.7 Å². The second-order valence-electron chi connectivity index (χ2n) is 5.60. The zero-order valence-electron chi connectivity index (χ0n) is 12.3. The maximum atomic E-state index is 12.4. The van der Waals surface area contributed by atoms with E-state index in [9.17, 15) is 14.7 Å². The predicted octanol–water partition coefficient (Wildman–Crippen LogP) is 1.54. The average molecular weight is 290 g/mol. The van der Waals surface area contributed by atoms with Gasteiger partial charge in [0.2, 0.25) is 5.91 Å². The molecule has 1 aromatic rings. The van der Waals surface area contributed by atoms with Crippen LogP contribution < -0.4 is 5.73 Å². The number of carbonyl (C=O) groups is 2. The zero-order chi connectivity index (χ0) is 15.4.